The van der Waals surface area contributed by atoms with Gasteiger partial charge in [-0.15, -0.1) is 0 Å². The van der Waals surface area contributed by atoms with E-state index >= 15 is 0 Å². The summed E-state index contributed by atoms with van der Waals surface area (Å²) in [5.74, 6) is 1.82. The Hall–Kier alpha value is -1.20. The maximum absolute atomic E-state index is 5.75. The van der Waals surface area contributed by atoms with Gasteiger partial charge in [0.15, 0.2) is 5.75 Å². The second kappa shape index (κ2) is 8.07. The van der Waals surface area contributed by atoms with Gasteiger partial charge in [-0.1, -0.05) is 27.7 Å². The zero-order valence-corrected chi connectivity index (χ0v) is 12.5. The van der Waals surface area contributed by atoms with Crippen LogP contribution in [0.5, 0.6) is 5.75 Å². The normalized spacial score (nSPS) is 11.3. The monoisotopic (exact) mass is 266 g/mol. The number of ether oxygens (including phenoxy) is 1. The summed E-state index contributed by atoms with van der Waals surface area (Å²) in [5, 5.41) is 0. The number of aromatic nitrogens is 2. The van der Waals surface area contributed by atoms with Crippen LogP contribution in [0.1, 0.15) is 45.1 Å². The minimum absolute atomic E-state index is 0.301. The van der Waals surface area contributed by atoms with Crippen LogP contribution < -0.4 is 10.5 Å². The first kappa shape index (κ1) is 15.9. The van der Waals surface area contributed by atoms with Gasteiger partial charge < -0.3 is 15.4 Å². The van der Waals surface area contributed by atoms with Crippen molar-refractivity contribution in [2.75, 3.05) is 26.2 Å². The summed E-state index contributed by atoms with van der Waals surface area (Å²) in [6.45, 7) is 12.4. The number of nitrogens with two attached hydrogens (primary N) is 1. The molecule has 108 valence electrons. The average molecular weight is 266 g/mol. The van der Waals surface area contributed by atoms with E-state index in [1.54, 1.807) is 6.20 Å². The second-order valence-electron chi connectivity index (χ2n) is 4.77. The molecule has 0 amide bonds. The van der Waals surface area contributed by atoms with E-state index in [9.17, 15) is 0 Å². The predicted molar refractivity (Wildman–Crippen MR) is 77.3 cm³/mol. The maximum atomic E-state index is 5.75. The van der Waals surface area contributed by atoms with Gasteiger partial charge in [-0.3, -0.25) is 0 Å². The number of hydrogen-bond donors (Lipinski definition) is 1. The lowest BCUT2D eigenvalue weighted by atomic mass is 10.2. The molecule has 1 heterocycles. The van der Waals surface area contributed by atoms with Crippen LogP contribution in [0.3, 0.4) is 0 Å². The average Bonchev–Trinajstić information content (AvgIpc) is 2.43. The van der Waals surface area contributed by atoms with Crippen molar-refractivity contribution < 1.29 is 4.74 Å². The standard InChI is InChI=1S/C14H26N4O/c1-5-18(6-2)7-8-19-13-10-16-14(11(3)4)17-12(13)9-15/h10-11H,5-9,15H2,1-4H3. The molecule has 5 heteroatoms. The number of hydrogen-bond acceptors (Lipinski definition) is 5. The van der Waals surface area contributed by atoms with E-state index in [0.29, 0.717) is 24.8 Å². The molecular weight excluding hydrogens is 240 g/mol. The molecule has 0 aliphatic heterocycles. The molecule has 2 N–H and O–H groups in total. The molecular formula is C14H26N4O. The van der Waals surface area contributed by atoms with Gasteiger partial charge in [0.25, 0.3) is 0 Å². The Morgan fingerprint density at radius 2 is 2.00 bits per heavy atom. The Morgan fingerprint density at radius 3 is 2.53 bits per heavy atom. The fourth-order valence-electron chi connectivity index (χ4n) is 1.79. The summed E-state index contributed by atoms with van der Waals surface area (Å²) in [6, 6.07) is 0. The van der Waals surface area contributed by atoms with Crippen LogP contribution >= 0.6 is 0 Å². The van der Waals surface area contributed by atoms with Crippen molar-refractivity contribution in [3.63, 3.8) is 0 Å². The lowest BCUT2D eigenvalue weighted by Crippen LogP contribution is -2.28. The van der Waals surface area contributed by atoms with Crippen molar-refractivity contribution >= 4 is 0 Å². The Morgan fingerprint density at radius 1 is 1.32 bits per heavy atom. The van der Waals surface area contributed by atoms with Crippen molar-refractivity contribution in [1.82, 2.24) is 14.9 Å². The van der Waals surface area contributed by atoms with Crippen molar-refractivity contribution in [2.45, 2.75) is 40.2 Å². The summed E-state index contributed by atoms with van der Waals surface area (Å²) >= 11 is 0. The topological polar surface area (TPSA) is 64.3 Å². The molecule has 0 aliphatic rings. The van der Waals surface area contributed by atoms with Gasteiger partial charge >= 0.3 is 0 Å². The Balaban J connectivity index is 2.63. The highest BCUT2D eigenvalue weighted by atomic mass is 16.5. The molecule has 19 heavy (non-hydrogen) atoms. The van der Waals surface area contributed by atoms with Crippen LogP contribution in [0, 0.1) is 0 Å². The van der Waals surface area contributed by atoms with E-state index in [2.05, 4.69) is 42.6 Å². The highest BCUT2D eigenvalue weighted by Crippen LogP contribution is 2.17. The Bertz CT molecular complexity index is 378. The first-order chi connectivity index (χ1) is 9.12. The van der Waals surface area contributed by atoms with Crippen molar-refractivity contribution in [3.8, 4) is 5.75 Å². The van der Waals surface area contributed by atoms with E-state index in [1.165, 1.54) is 0 Å². The van der Waals surface area contributed by atoms with E-state index in [4.69, 9.17) is 10.5 Å². The van der Waals surface area contributed by atoms with Gasteiger partial charge in [0.2, 0.25) is 0 Å². The third kappa shape index (κ3) is 4.76. The Labute approximate surface area is 116 Å². The largest absolute Gasteiger partial charge is 0.489 e. The van der Waals surface area contributed by atoms with E-state index in [0.717, 1.165) is 31.2 Å². The van der Waals surface area contributed by atoms with Gasteiger partial charge in [-0.05, 0) is 13.1 Å². The van der Waals surface area contributed by atoms with Crippen molar-refractivity contribution in [2.24, 2.45) is 5.73 Å². The summed E-state index contributed by atoms with van der Waals surface area (Å²) in [4.78, 5) is 11.1. The fourth-order valence-corrected chi connectivity index (χ4v) is 1.79. The van der Waals surface area contributed by atoms with E-state index < -0.39 is 0 Å². The lowest BCUT2D eigenvalue weighted by Gasteiger charge is -2.18. The summed E-state index contributed by atoms with van der Waals surface area (Å²) in [7, 11) is 0. The van der Waals surface area contributed by atoms with Crippen LogP contribution in [-0.4, -0.2) is 41.1 Å². The van der Waals surface area contributed by atoms with Crippen molar-refractivity contribution in [1.29, 1.82) is 0 Å². The molecule has 1 aromatic rings. The molecule has 1 aromatic heterocycles. The minimum atomic E-state index is 0.301. The molecule has 0 unspecified atom stereocenters. The first-order valence-electron chi connectivity index (χ1n) is 7.03. The lowest BCUT2D eigenvalue weighted by molar-refractivity contribution is 0.220. The SMILES string of the molecule is CCN(CC)CCOc1cnc(C(C)C)nc1CN. The molecule has 0 radical (unpaired) electrons. The van der Waals surface area contributed by atoms with Gasteiger partial charge in [-0.2, -0.15) is 0 Å². The second-order valence-corrected chi connectivity index (χ2v) is 4.77. The van der Waals surface area contributed by atoms with E-state index in [1.807, 2.05) is 0 Å². The summed E-state index contributed by atoms with van der Waals surface area (Å²) in [5.41, 5.74) is 6.51. The van der Waals surface area contributed by atoms with E-state index in [-0.39, 0.29) is 0 Å². The van der Waals surface area contributed by atoms with Gasteiger partial charge in [-0.25, -0.2) is 9.97 Å². The predicted octanol–water partition coefficient (Wildman–Crippen LogP) is 1.78. The maximum Gasteiger partial charge on any atom is 0.160 e. The highest BCUT2D eigenvalue weighted by Gasteiger charge is 2.10. The van der Waals surface area contributed by atoms with Crippen LogP contribution in [0.2, 0.25) is 0 Å². The third-order valence-electron chi connectivity index (χ3n) is 3.12. The molecule has 0 saturated heterocycles. The van der Waals surface area contributed by atoms with Gasteiger partial charge in [0, 0.05) is 19.0 Å². The van der Waals surface area contributed by atoms with Crippen LogP contribution in [0.4, 0.5) is 0 Å². The molecule has 0 bridgehead atoms. The summed E-state index contributed by atoms with van der Waals surface area (Å²) in [6.07, 6.45) is 1.74. The van der Waals surface area contributed by atoms with Crippen molar-refractivity contribution in [3.05, 3.63) is 17.7 Å². The smallest absolute Gasteiger partial charge is 0.160 e. The molecule has 5 nitrogen and oxygen atoms in total. The van der Waals surface area contributed by atoms with Crippen LogP contribution in [-0.2, 0) is 6.54 Å². The zero-order valence-electron chi connectivity index (χ0n) is 12.5. The van der Waals surface area contributed by atoms with Gasteiger partial charge in [0.05, 0.1) is 11.9 Å². The molecule has 1 rings (SSSR count). The Kier molecular flexibility index (Phi) is 6.73. The number of nitrogens with zero attached hydrogens (tertiary/aromatic N) is 3. The number of rotatable bonds is 8. The first-order valence-corrected chi connectivity index (χ1v) is 7.03. The minimum Gasteiger partial charge on any atom is -0.489 e. The number of likely N-dealkylation sites (N-methyl/N-ethyl adjacent to an activating group) is 1. The highest BCUT2D eigenvalue weighted by molar-refractivity contribution is 5.25. The quantitative estimate of drug-likeness (QED) is 0.777. The zero-order chi connectivity index (χ0) is 14.3. The molecule has 0 aliphatic carbocycles. The van der Waals surface area contributed by atoms with Crippen LogP contribution in [0.15, 0.2) is 6.20 Å². The van der Waals surface area contributed by atoms with Gasteiger partial charge in [0.1, 0.15) is 12.4 Å². The molecule has 0 saturated carbocycles. The fraction of sp³-hybridized carbons (Fsp3) is 0.714. The third-order valence-corrected chi connectivity index (χ3v) is 3.12. The summed E-state index contributed by atoms with van der Waals surface area (Å²) < 4.78 is 5.75. The van der Waals surface area contributed by atoms with Crippen LogP contribution in [0.25, 0.3) is 0 Å². The molecule has 0 aromatic carbocycles. The molecule has 0 spiro atoms. The molecule has 0 atom stereocenters. The molecule has 0 fully saturated rings.